The number of amides is 1. The maximum atomic E-state index is 12.9. The Balaban J connectivity index is 1.84. The second-order valence-corrected chi connectivity index (χ2v) is 10.4. The highest BCUT2D eigenvalue weighted by Gasteiger charge is 2.30. The summed E-state index contributed by atoms with van der Waals surface area (Å²) in [6.07, 6.45) is 0.869. The molecular weight excluding hydrogens is 425 g/mol. The molecule has 3 rings (SSSR count). The first-order valence-corrected chi connectivity index (χ1v) is 11.7. The molecule has 0 bridgehead atoms. The fourth-order valence-electron chi connectivity index (χ4n) is 4.49. The van der Waals surface area contributed by atoms with Gasteiger partial charge in [-0.05, 0) is 91.5 Å². The summed E-state index contributed by atoms with van der Waals surface area (Å²) >= 11 is 0. The summed E-state index contributed by atoms with van der Waals surface area (Å²) in [5.41, 5.74) is 5.54. The van der Waals surface area contributed by atoms with Crippen molar-refractivity contribution >= 4 is 17.3 Å². The minimum Gasteiger partial charge on any atom is -0.378 e. The first-order chi connectivity index (χ1) is 15.3. The normalized spacial score (nSPS) is 16.7. The van der Waals surface area contributed by atoms with Crippen LogP contribution >= 0.6 is 0 Å². The van der Waals surface area contributed by atoms with Gasteiger partial charge in [-0.3, -0.25) is 4.79 Å². The van der Waals surface area contributed by atoms with Crippen LogP contribution in [0.4, 0.5) is 24.5 Å². The molecule has 3 nitrogen and oxygen atoms in total. The Hall–Kier alpha value is -2.50. The second kappa shape index (κ2) is 9.78. The lowest BCUT2D eigenvalue weighted by atomic mass is 9.89. The van der Waals surface area contributed by atoms with Gasteiger partial charge < -0.3 is 10.6 Å². The van der Waals surface area contributed by atoms with Crippen molar-refractivity contribution in [3.63, 3.8) is 0 Å². The van der Waals surface area contributed by atoms with E-state index >= 15 is 0 Å². The summed E-state index contributed by atoms with van der Waals surface area (Å²) in [5.74, 6) is 0.0316. The molecule has 0 aliphatic heterocycles. The number of alkyl halides is 3. The predicted molar refractivity (Wildman–Crippen MR) is 129 cm³/mol. The highest BCUT2D eigenvalue weighted by molar-refractivity contribution is 5.92. The molecule has 6 heteroatoms. The number of carbonyl (C=O) groups is 1. The van der Waals surface area contributed by atoms with Gasteiger partial charge in [0.25, 0.3) is 0 Å². The van der Waals surface area contributed by atoms with Gasteiger partial charge in [0.2, 0.25) is 5.91 Å². The Bertz CT molecular complexity index is 988. The highest BCUT2D eigenvalue weighted by atomic mass is 19.4. The minimum atomic E-state index is -4.34. The van der Waals surface area contributed by atoms with Gasteiger partial charge in [-0.1, -0.05) is 33.3 Å². The van der Waals surface area contributed by atoms with E-state index in [4.69, 9.17) is 0 Å². The van der Waals surface area contributed by atoms with E-state index in [1.807, 2.05) is 6.92 Å². The molecule has 1 aliphatic rings. The van der Waals surface area contributed by atoms with Crippen molar-refractivity contribution in [2.75, 3.05) is 10.6 Å². The third kappa shape index (κ3) is 6.52. The van der Waals surface area contributed by atoms with Gasteiger partial charge in [-0.25, -0.2) is 0 Å². The largest absolute Gasteiger partial charge is 0.416 e. The van der Waals surface area contributed by atoms with E-state index in [9.17, 15) is 18.0 Å². The van der Waals surface area contributed by atoms with E-state index < -0.39 is 11.7 Å². The van der Waals surface area contributed by atoms with E-state index in [1.54, 1.807) is 0 Å². The molecular formula is C27H35F3N2O. The number of benzene rings is 2. The average Bonchev–Trinajstić information content (AvgIpc) is 2.91. The molecule has 0 saturated carbocycles. The molecule has 0 spiro atoms. The van der Waals surface area contributed by atoms with Crippen molar-refractivity contribution in [1.29, 1.82) is 0 Å². The van der Waals surface area contributed by atoms with Gasteiger partial charge in [-0.15, -0.1) is 0 Å². The molecule has 2 aromatic carbocycles. The zero-order valence-electron chi connectivity index (χ0n) is 20.2. The monoisotopic (exact) mass is 460 g/mol. The Kier molecular flexibility index (Phi) is 7.45. The van der Waals surface area contributed by atoms with Crippen molar-refractivity contribution in [3.8, 4) is 0 Å². The summed E-state index contributed by atoms with van der Waals surface area (Å²) < 4.78 is 38.7. The SMILES string of the molecule is Cc1cc2c(c(C)c1NC(=O)CCC(C)(C)C)CCCCC2Nc1ccc(C(F)(F)F)cc1. The molecule has 1 atom stereocenters. The van der Waals surface area contributed by atoms with Gasteiger partial charge in [0.05, 0.1) is 11.6 Å². The van der Waals surface area contributed by atoms with Gasteiger partial charge >= 0.3 is 6.18 Å². The first-order valence-electron chi connectivity index (χ1n) is 11.7. The smallest absolute Gasteiger partial charge is 0.378 e. The van der Waals surface area contributed by atoms with Crippen LogP contribution in [0.25, 0.3) is 0 Å². The van der Waals surface area contributed by atoms with Crippen LogP contribution in [-0.4, -0.2) is 5.91 Å². The Morgan fingerprint density at radius 1 is 1.06 bits per heavy atom. The molecule has 1 unspecified atom stereocenters. The number of fused-ring (bicyclic) bond motifs is 1. The summed E-state index contributed by atoms with van der Waals surface area (Å²) in [7, 11) is 0. The molecule has 1 aliphatic carbocycles. The fraction of sp³-hybridized carbons (Fsp3) is 0.519. The number of rotatable bonds is 5. The number of carbonyl (C=O) groups excluding carboxylic acids is 1. The van der Waals surface area contributed by atoms with Gasteiger partial charge in [0.1, 0.15) is 0 Å². The lowest BCUT2D eigenvalue weighted by Gasteiger charge is -2.25. The van der Waals surface area contributed by atoms with Crippen LogP contribution in [0.3, 0.4) is 0 Å². The van der Waals surface area contributed by atoms with Gasteiger partial charge in [0, 0.05) is 17.8 Å². The number of hydrogen-bond acceptors (Lipinski definition) is 2. The maximum Gasteiger partial charge on any atom is 0.416 e. The van der Waals surface area contributed by atoms with E-state index in [0.29, 0.717) is 12.1 Å². The number of nitrogens with one attached hydrogen (secondary N) is 2. The molecule has 2 N–H and O–H groups in total. The summed E-state index contributed by atoms with van der Waals surface area (Å²) in [5, 5.41) is 6.59. The van der Waals surface area contributed by atoms with E-state index in [1.165, 1.54) is 23.3 Å². The number of aryl methyl sites for hydroxylation is 1. The molecule has 1 amide bonds. The fourth-order valence-corrected chi connectivity index (χ4v) is 4.49. The lowest BCUT2D eigenvalue weighted by Crippen LogP contribution is -2.18. The van der Waals surface area contributed by atoms with Crippen molar-refractivity contribution in [3.05, 3.63) is 58.1 Å². The first kappa shape index (κ1) is 25.1. The Morgan fingerprint density at radius 2 is 1.73 bits per heavy atom. The van der Waals surface area contributed by atoms with Crippen LogP contribution in [0, 0.1) is 19.3 Å². The van der Waals surface area contributed by atoms with Crippen LogP contribution in [0.15, 0.2) is 30.3 Å². The molecule has 0 aromatic heterocycles. The van der Waals surface area contributed by atoms with Crippen LogP contribution < -0.4 is 10.6 Å². The zero-order chi connectivity index (χ0) is 24.4. The maximum absolute atomic E-state index is 12.9. The third-order valence-electron chi connectivity index (χ3n) is 6.41. The van der Waals surface area contributed by atoms with Crippen LogP contribution in [0.2, 0.25) is 0 Å². The van der Waals surface area contributed by atoms with Crippen LogP contribution in [-0.2, 0) is 17.4 Å². The van der Waals surface area contributed by atoms with Crippen LogP contribution in [0.5, 0.6) is 0 Å². The summed E-state index contributed by atoms with van der Waals surface area (Å²) in [6, 6.07) is 7.38. The van der Waals surface area contributed by atoms with Crippen molar-refractivity contribution in [1.82, 2.24) is 0 Å². The number of anilines is 2. The molecule has 33 heavy (non-hydrogen) atoms. The number of halogens is 3. The molecule has 0 fully saturated rings. The molecule has 180 valence electrons. The quantitative estimate of drug-likeness (QED) is 0.444. The van der Waals surface area contributed by atoms with Crippen molar-refractivity contribution in [2.45, 2.75) is 85.4 Å². The van der Waals surface area contributed by atoms with Crippen molar-refractivity contribution in [2.24, 2.45) is 5.41 Å². The third-order valence-corrected chi connectivity index (χ3v) is 6.41. The summed E-state index contributed by atoms with van der Waals surface area (Å²) in [6.45, 7) is 10.5. The van der Waals surface area contributed by atoms with Crippen molar-refractivity contribution < 1.29 is 18.0 Å². The molecule has 0 saturated heterocycles. The standard InChI is InChI=1S/C27H35F3N2O/c1-17-16-22-21(18(2)25(17)32-24(33)14-15-26(3,4)5)8-6-7-9-23(22)31-20-12-10-19(11-13-20)27(28,29)30/h10-13,16,23,31H,6-9,14-15H2,1-5H3,(H,32,33). The Labute approximate surface area is 195 Å². The van der Waals surface area contributed by atoms with Crippen LogP contribution in [0.1, 0.15) is 86.7 Å². The van der Waals surface area contributed by atoms with Gasteiger partial charge in [0.15, 0.2) is 0 Å². The highest BCUT2D eigenvalue weighted by Crippen LogP contribution is 2.38. The Morgan fingerprint density at radius 3 is 2.33 bits per heavy atom. The van der Waals surface area contributed by atoms with E-state index in [2.05, 4.69) is 44.4 Å². The second-order valence-electron chi connectivity index (χ2n) is 10.4. The topological polar surface area (TPSA) is 41.1 Å². The number of hydrogen-bond donors (Lipinski definition) is 2. The average molecular weight is 461 g/mol. The zero-order valence-corrected chi connectivity index (χ0v) is 20.2. The predicted octanol–water partition coefficient (Wildman–Crippen LogP) is 7.97. The minimum absolute atomic E-state index is 0.0160. The van der Waals surface area contributed by atoms with E-state index in [-0.39, 0.29) is 17.4 Å². The summed E-state index contributed by atoms with van der Waals surface area (Å²) in [4.78, 5) is 12.6. The van der Waals surface area contributed by atoms with Gasteiger partial charge in [-0.2, -0.15) is 13.2 Å². The molecule has 0 heterocycles. The molecule has 2 aromatic rings. The lowest BCUT2D eigenvalue weighted by molar-refractivity contribution is -0.137. The van der Waals surface area contributed by atoms with E-state index in [0.717, 1.165) is 61.1 Å². The molecule has 0 radical (unpaired) electrons.